The summed E-state index contributed by atoms with van der Waals surface area (Å²) < 4.78 is 5.26. The highest BCUT2D eigenvalue weighted by atomic mass is 16.5. The third-order valence-corrected chi connectivity index (χ3v) is 6.83. The van der Waals surface area contributed by atoms with Gasteiger partial charge in [0.1, 0.15) is 5.75 Å². The molecule has 2 aromatic rings. The van der Waals surface area contributed by atoms with Crippen molar-refractivity contribution < 1.29 is 14.3 Å². The summed E-state index contributed by atoms with van der Waals surface area (Å²) in [5.41, 5.74) is 1.49. The third kappa shape index (κ3) is 3.81. The number of methoxy groups -OCH3 is 1. The molecule has 162 valence electrons. The van der Waals surface area contributed by atoms with Gasteiger partial charge in [0.25, 0.3) is 5.91 Å². The van der Waals surface area contributed by atoms with E-state index in [1.165, 1.54) is 5.56 Å². The summed E-state index contributed by atoms with van der Waals surface area (Å²) in [6.07, 6.45) is 4.39. The molecule has 5 rings (SSSR count). The lowest BCUT2D eigenvalue weighted by Gasteiger charge is -2.45. The number of piperidine rings is 1. The van der Waals surface area contributed by atoms with Gasteiger partial charge in [0, 0.05) is 37.5 Å². The van der Waals surface area contributed by atoms with Gasteiger partial charge in [0.15, 0.2) is 0 Å². The first kappa shape index (κ1) is 20.1. The Hall–Kier alpha value is -2.86. The molecule has 1 N–H and O–H groups in total. The van der Waals surface area contributed by atoms with Crippen LogP contribution in [0.1, 0.15) is 41.6 Å². The molecule has 2 heterocycles. The summed E-state index contributed by atoms with van der Waals surface area (Å²) >= 11 is 0. The second-order valence-electron chi connectivity index (χ2n) is 8.88. The van der Waals surface area contributed by atoms with Crippen LogP contribution in [0.2, 0.25) is 0 Å². The fourth-order valence-corrected chi connectivity index (χ4v) is 5.09. The summed E-state index contributed by atoms with van der Waals surface area (Å²) in [5, 5.41) is 3.71. The zero-order chi connectivity index (χ0) is 21.4. The minimum atomic E-state index is -0.331. The van der Waals surface area contributed by atoms with Crippen LogP contribution >= 0.6 is 0 Å². The van der Waals surface area contributed by atoms with Gasteiger partial charge in [-0.3, -0.25) is 14.9 Å². The third-order valence-electron chi connectivity index (χ3n) is 6.83. The van der Waals surface area contributed by atoms with Crippen molar-refractivity contribution in [1.29, 1.82) is 0 Å². The van der Waals surface area contributed by atoms with Crippen molar-refractivity contribution in [3.8, 4) is 5.75 Å². The van der Waals surface area contributed by atoms with E-state index < -0.39 is 0 Å². The predicted molar refractivity (Wildman–Crippen MR) is 118 cm³/mol. The monoisotopic (exact) mass is 419 g/mol. The molecular weight excluding hydrogens is 390 g/mol. The van der Waals surface area contributed by atoms with Gasteiger partial charge in [-0.2, -0.15) is 0 Å². The first-order valence-electron chi connectivity index (χ1n) is 11.2. The van der Waals surface area contributed by atoms with E-state index in [1.54, 1.807) is 13.2 Å². The van der Waals surface area contributed by atoms with Crippen molar-refractivity contribution in [2.45, 2.75) is 49.9 Å². The Morgan fingerprint density at radius 3 is 2.52 bits per heavy atom. The average Bonchev–Trinajstić information content (AvgIpc) is 3.60. The molecular formula is C25H29N3O3. The quantitative estimate of drug-likeness (QED) is 0.810. The Morgan fingerprint density at radius 1 is 1.10 bits per heavy atom. The Labute approximate surface area is 183 Å². The van der Waals surface area contributed by atoms with E-state index >= 15 is 0 Å². The van der Waals surface area contributed by atoms with Gasteiger partial charge < -0.3 is 14.5 Å². The van der Waals surface area contributed by atoms with Gasteiger partial charge >= 0.3 is 0 Å². The van der Waals surface area contributed by atoms with Crippen molar-refractivity contribution in [3.63, 3.8) is 0 Å². The van der Waals surface area contributed by atoms with Crippen molar-refractivity contribution in [2.24, 2.45) is 0 Å². The highest BCUT2D eigenvalue weighted by Crippen LogP contribution is 2.41. The van der Waals surface area contributed by atoms with Gasteiger partial charge in [-0.25, -0.2) is 0 Å². The molecule has 0 radical (unpaired) electrons. The summed E-state index contributed by atoms with van der Waals surface area (Å²) in [6, 6.07) is 17.7. The van der Waals surface area contributed by atoms with Gasteiger partial charge in [0.05, 0.1) is 18.8 Å². The first-order chi connectivity index (χ1) is 15.1. The number of nitrogens with zero attached hydrogens (tertiary/aromatic N) is 2. The van der Waals surface area contributed by atoms with Crippen LogP contribution in [-0.2, 0) is 11.2 Å². The molecule has 6 heteroatoms. The van der Waals surface area contributed by atoms with Crippen molar-refractivity contribution in [1.82, 2.24) is 15.1 Å². The maximum Gasteiger partial charge on any atom is 0.253 e. The molecule has 2 saturated heterocycles. The van der Waals surface area contributed by atoms with Crippen LogP contribution in [0, 0.1) is 0 Å². The Bertz CT molecular complexity index is 965. The van der Waals surface area contributed by atoms with Crippen molar-refractivity contribution >= 4 is 11.8 Å². The number of benzene rings is 2. The molecule has 2 amide bonds. The molecule has 0 aromatic heterocycles. The smallest absolute Gasteiger partial charge is 0.253 e. The van der Waals surface area contributed by atoms with Crippen molar-refractivity contribution in [3.05, 3.63) is 65.7 Å². The van der Waals surface area contributed by atoms with Gasteiger partial charge in [-0.1, -0.05) is 36.4 Å². The number of hydrogen-bond donors (Lipinski definition) is 1. The molecule has 31 heavy (non-hydrogen) atoms. The summed E-state index contributed by atoms with van der Waals surface area (Å²) in [7, 11) is 1.61. The van der Waals surface area contributed by atoms with Crippen LogP contribution < -0.4 is 10.1 Å². The second kappa shape index (κ2) is 8.00. The van der Waals surface area contributed by atoms with E-state index in [1.807, 2.05) is 41.3 Å². The van der Waals surface area contributed by atoms with E-state index in [2.05, 4.69) is 22.3 Å². The minimum Gasteiger partial charge on any atom is -0.497 e. The minimum absolute atomic E-state index is 0.0249. The lowest BCUT2D eigenvalue weighted by atomic mass is 9.95. The molecule has 1 atom stereocenters. The number of nitrogens with one attached hydrogen (secondary N) is 1. The Balaban J connectivity index is 1.30. The normalized spacial score (nSPS) is 22.7. The van der Waals surface area contributed by atoms with Crippen LogP contribution in [0.3, 0.4) is 0 Å². The van der Waals surface area contributed by atoms with Gasteiger partial charge in [-0.05, 0) is 43.0 Å². The van der Waals surface area contributed by atoms with E-state index in [9.17, 15) is 9.59 Å². The van der Waals surface area contributed by atoms with Crippen LogP contribution in [0.4, 0.5) is 0 Å². The van der Waals surface area contributed by atoms with E-state index in [4.69, 9.17) is 4.74 Å². The fraction of sp³-hybridized carbons (Fsp3) is 0.440. The number of amides is 2. The van der Waals surface area contributed by atoms with Crippen LogP contribution in [-0.4, -0.2) is 59.6 Å². The number of likely N-dealkylation sites (tertiary alicyclic amines) is 1. The fourth-order valence-electron chi connectivity index (χ4n) is 5.09. The topological polar surface area (TPSA) is 61.9 Å². The van der Waals surface area contributed by atoms with Crippen molar-refractivity contribution in [2.75, 3.05) is 20.2 Å². The zero-order valence-electron chi connectivity index (χ0n) is 17.9. The molecule has 0 bridgehead atoms. The van der Waals surface area contributed by atoms with E-state index in [-0.39, 0.29) is 23.5 Å². The summed E-state index contributed by atoms with van der Waals surface area (Å²) in [6.45, 7) is 1.27. The number of carbonyl (C=O) groups is 2. The van der Waals surface area contributed by atoms with Crippen LogP contribution in [0.25, 0.3) is 0 Å². The molecule has 2 aliphatic heterocycles. The molecule has 3 aliphatic rings. The highest BCUT2D eigenvalue weighted by molar-refractivity contribution is 5.94. The van der Waals surface area contributed by atoms with E-state index in [0.29, 0.717) is 36.9 Å². The Kier molecular flexibility index (Phi) is 5.18. The standard InChI is InChI=1S/C25H29N3O3/c1-31-21-9-5-8-19(17-21)23(29)27-14-12-25(13-15-27)26-22(16-18-6-3-2-4-7-18)24(30)28(25)20-10-11-20/h2-9,17,20,22,26H,10-16H2,1H3/t22-/m1/s1. The molecule has 0 unspecified atom stereocenters. The lowest BCUT2D eigenvalue weighted by molar-refractivity contribution is -0.134. The molecule has 1 saturated carbocycles. The maximum atomic E-state index is 13.3. The van der Waals surface area contributed by atoms with Gasteiger partial charge in [-0.15, -0.1) is 0 Å². The SMILES string of the molecule is COc1cccc(C(=O)N2CCC3(CC2)N[C@H](Cc2ccccc2)C(=O)N3C2CC2)c1. The molecule has 1 aliphatic carbocycles. The predicted octanol–water partition coefficient (Wildman–Crippen LogP) is 2.83. The van der Waals surface area contributed by atoms with Gasteiger partial charge in [0.2, 0.25) is 5.91 Å². The number of ether oxygens (including phenoxy) is 1. The second-order valence-corrected chi connectivity index (χ2v) is 8.88. The van der Waals surface area contributed by atoms with E-state index in [0.717, 1.165) is 25.7 Å². The average molecular weight is 420 g/mol. The summed E-state index contributed by atoms with van der Waals surface area (Å²) in [5.74, 6) is 0.932. The number of rotatable bonds is 5. The number of hydrogen-bond acceptors (Lipinski definition) is 4. The maximum absolute atomic E-state index is 13.3. The highest BCUT2D eigenvalue weighted by Gasteiger charge is 2.56. The summed E-state index contributed by atoms with van der Waals surface area (Å²) in [4.78, 5) is 30.4. The zero-order valence-corrected chi connectivity index (χ0v) is 17.9. The largest absolute Gasteiger partial charge is 0.497 e. The van der Waals surface area contributed by atoms with Crippen LogP contribution in [0.15, 0.2) is 54.6 Å². The molecule has 3 fully saturated rings. The molecule has 6 nitrogen and oxygen atoms in total. The molecule has 1 spiro atoms. The van der Waals surface area contributed by atoms with Crippen LogP contribution in [0.5, 0.6) is 5.75 Å². The lowest BCUT2D eigenvalue weighted by Crippen LogP contribution is -2.60. The Morgan fingerprint density at radius 2 is 1.84 bits per heavy atom. The molecule has 2 aromatic carbocycles. The first-order valence-corrected chi connectivity index (χ1v) is 11.2. The number of carbonyl (C=O) groups excluding carboxylic acids is 2.